The predicted octanol–water partition coefficient (Wildman–Crippen LogP) is 3.32. The zero-order valence-corrected chi connectivity index (χ0v) is 20.8. The minimum Gasteiger partial charge on any atom is -0.491 e. The van der Waals surface area contributed by atoms with E-state index in [1.807, 2.05) is 31.6 Å². The Morgan fingerprint density at radius 1 is 1.00 bits per heavy atom. The third kappa shape index (κ3) is 6.78. The summed E-state index contributed by atoms with van der Waals surface area (Å²) in [6, 6.07) is 14.7. The van der Waals surface area contributed by atoms with Crippen LogP contribution in [-0.2, 0) is 29.5 Å². The van der Waals surface area contributed by atoms with Gasteiger partial charge in [-0.2, -0.15) is 5.10 Å². The highest BCUT2D eigenvalue weighted by Gasteiger charge is 2.15. The number of anilines is 1. The summed E-state index contributed by atoms with van der Waals surface area (Å²) in [6.07, 6.45) is 9.29. The van der Waals surface area contributed by atoms with E-state index in [1.54, 1.807) is 17.1 Å². The average Bonchev–Trinajstić information content (AvgIpc) is 3.31. The van der Waals surface area contributed by atoms with Crippen molar-refractivity contribution in [1.29, 1.82) is 0 Å². The fraction of sp³-hybridized carbons (Fsp3) is 0.286. The van der Waals surface area contributed by atoms with Gasteiger partial charge >= 0.3 is 0 Å². The van der Waals surface area contributed by atoms with E-state index in [4.69, 9.17) is 9.47 Å². The van der Waals surface area contributed by atoms with E-state index in [-0.39, 0.29) is 12.5 Å². The molecule has 4 aromatic rings. The maximum Gasteiger partial charge on any atom is 0.238 e. The maximum absolute atomic E-state index is 12.7. The molecule has 1 amide bonds. The van der Waals surface area contributed by atoms with Crippen molar-refractivity contribution < 1.29 is 14.3 Å². The van der Waals surface area contributed by atoms with Crippen molar-refractivity contribution in [3.8, 4) is 16.9 Å². The van der Waals surface area contributed by atoms with Gasteiger partial charge < -0.3 is 14.8 Å². The van der Waals surface area contributed by atoms with E-state index < -0.39 is 0 Å². The van der Waals surface area contributed by atoms with Crippen molar-refractivity contribution in [2.24, 2.45) is 7.05 Å². The summed E-state index contributed by atoms with van der Waals surface area (Å²) in [7, 11) is 1.82. The van der Waals surface area contributed by atoms with Gasteiger partial charge in [0.15, 0.2) is 0 Å². The van der Waals surface area contributed by atoms with Crippen molar-refractivity contribution >= 4 is 11.6 Å². The van der Waals surface area contributed by atoms with Crippen LogP contribution in [0.15, 0.2) is 73.6 Å². The lowest BCUT2D eigenvalue weighted by molar-refractivity contribution is -0.117. The van der Waals surface area contributed by atoms with Crippen molar-refractivity contribution in [2.75, 3.05) is 38.2 Å². The fourth-order valence-corrected chi connectivity index (χ4v) is 4.41. The second-order valence-corrected chi connectivity index (χ2v) is 9.07. The number of fused-ring (bicyclic) bond motifs is 3. The molecular weight excluding hydrogens is 468 g/mol. The number of carbonyl (C=O) groups is 1. The van der Waals surface area contributed by atoms with E-state index >= 15 is 0 Å². The number of hydrogen-bond donors (Lipinski definition) is 1. The van der Waals surface area contributed by atoms with Gasteiger partial charge in [0.2, 0.25) is 5.91 Å². The van der Waals surface area contributed by atoms with Crippen molar-refractivity contribution in [1.82, 2.24) is 24.6 Å². The Morgan fingerprint density at radius 2 is 1.86 bits per heavy atom. The standard InChI is InChI=1S/C28H30N6O3/c1-33-18-26(16-31-33)32-28(35)19-34-7-8-36-9-10-37-27-6-5-23(25-14-29-20-30-15-25)13-24(27)12-21-3-2-4-22(11-21)17-34/h2-6,11,13-16,18,20H,7-10,12,17,19H2,1H3,(H,32,35). The Kier molecular flexibility index (Phi) is 7.83. The first kappa shape index (κ1) is 24.6. The molecular formula is C28H30N6O3. The molecule has 0 radical (unpaired) electrons. The largest absolute Gasteiger partial charge is 0.491 e. The predicted molar refractivity (Wildman–Crippen MR) is 140 cm³/mol. The lowest BCUT2D eigenvalue weighted by Gasteiger charge is -2.23. The Balaban J connectivity index is 1.36. The number of hydrogen-bond acceptors (Lipinski definition) is 7. The highest BCUT2D eigenvalue weighted by atomic mass is 16.5. The highest BCUT2D eigenvalue weighted by Crippen LogP contribution is 2.28. The van der Waals surface area contributed by atoms with Crippen LogP contribution < -0.4 is 10.1 Å². The molecule has 0 spiro atoms. The van der Waals surface area contributed by atoms with Crippen LogP contribution >= 0.6 is 0 Å². The Bertz CT molecular complexity index is 1340. The lowest BCUT2D eigenvalue weighted by Crippen LogP contribution is -2.35. The smallest absolute Gasteiger partial charge is 0.238 e. The molecule has 5 rings (SSSR count). The minimum absolute atomic E-state index is 0.0834. The van der Waals surface area contributed by atoms with Gasteiger partial charge in [0.1, 0.15) is 18.7 Å². The molecule has 2 bridgehead atoms. The summed E-state index contributed by atoms with van der Waals surface area (Å²) in [5, 5.41) is 7.03. The van der Waals surface area contributed by atoms with Gasteiger partial charge in [0.25, 0.3) is 0 Å². The molecule has 37 heavy (non-hydrogen) atoms. The zero-order valence-electron chi connectivity index (χ0n) is 20.8. The monoisotopic (exact) mass is 498 g/mol. The first-order valence-electron chi connectivity index (χ1n) is 12.3. The molecule has 190 valence electrons. The molecule has 0 fully saturated rings. The van der Waals surface area contributed by atoms with Gasteiger partial charge in [-0.15, -0.1) is 0 Å². The molecule has 2 aromatic carbocycles. The van der Waals surface area contributed by atoms with Crippen LogP contribution in [-0.4, -0.2) is 63.5 Å². The number of nitrogens with zero attached hydrogens (tertiary/aromatic N) is 5. The van der Waals surface area contributed by atoms with Gasteiger partial charge in [0, 0.05) is 50.7 Å². The van der Waals surface area contributed by atoms with E-state index in [0.29, 0.717) is 45.0 Å². The molecule has 0 saturated heterocycles. The van der Waals surface area contributed by atoms with Gasteiger partial charge in [-0.25, -0.2) is 9.97 Å². The van der Waals surface area contributed by atoms with Gasteiger partial charge in [-0.05, 0) is 34.4 Å². The van der Waals surface area contributed by atoms with Crippen molar-refractivity contribution in [3.05, 3.63) is 90.3 Å². The number of rotatable bonds is 4. The van der Waals surface area contributed by atoms with Gasteiger partial charge in [-0.1, -0.05) is 30.3 Å². The van der Waals surface area contributed by atoms with Crippen LogP contribution in [0.25, 0.3) is 11.1 Å². The topological polar surface area (TPSA) is 94.4 Å². The molecule has 3 heterocycles. The number of carbonyl (C=O) groups excluding carboxylic acids is 1. The summed E-state index contributed by atoms with van der Waals surface area (Å²) in [5.41, 5.74) is 6.09. The molecule has 9 nitrogen and oxygen atoms in total. The first-order chi connectivity index (χ1) is 18.1. The Hall–Kier alpha value is -4.08. The van der Waals surface area contributed by atoms with E-state index in [0.717, 1.165) is 28.0 Å². The van der Waals surface area contributed by atoms with Crippen LogP contribution in [0.4, 0.5) is 5.69 Å². The normalized spacial score (nSPS) is 14.7. The summed E-state index contributed by atoms with van der Waals surface area (Å²) < 4.78 is 13.6. The van der Waals surface area contributed by atoms with Crippen LogP contribution in [0.2, 0.25) is 0 Å². The number of amides is 1. The minimum atomic E-state index is -0.0834. The van der Waals surface area contributed by atoms with Crippen molar-refractivity contribution in [3.63, 3.8) is 0 Å². The highest BCUT2D eigenvalue weighted by molar-refractivity contribution is 5.91. The molecule has 2 aromatic heterocycles. The average molecular weight is 499 g/mol. The summed E-state index contributed by atoms with van der Waals surface area (Å²) >= 11 is 0. The van der Waals surface area contributed by atoms with E-state index in [1.165, 1.54) is 11.9 Å². The zero-order chi connectivity index (χ0) is 25.5. The van der Waals surface area contributed by atoms with E-state index in [2.05, 4.69) is 55.6 Å². The lowest BCUT2D eigenvalue weighted by atomic mass is 9.98. The Labute approximate surface area is 216 Å². The quantitative estimate of drug-likeness (QED) is 0.461. The fourth-order valence-electron chi connectivity index (χ4n) is 4.41. The van der Waals surface area contributed by atoms with Crippen LogP contribution in [0, 0.1) is 0 Å². The van der Waals surface area contributed by atoms with Gasteiger partial charge in [0.05, 0.1) is 31.6 Å². The molecule has 0 atom stereocenters. The Morgan fingerprint density at radius 3 is 2.70 bits per heavy atom. The molecule has 9 heteroatoms. The molecule has 0 aliphatic carbocycles. The van der Waals surface area contributed by atoms with E-state index in [9.17, 15) is 4.79 Å². The number of aryl methyl sites for hydroxylation is 1. The van der Waals surface area contributed by atoms with Crippen LogP contribution in [0.1, 0.15) is 16.7 Å². The molecule has 0 saturated carbocycles. The summed E-state index contributed by atoms with van der Waals surface area (Å²) in [6.45, 7) is 2.94. The van der Waals surface area contributed by atoms with Crippen LogP contribution in [0.3, 0.4) is 0 Å². The maximum atomic E-state index is 12.7. The number of benzene rings is 2. The number of aromatic nitrogens is 4. The third-order valence-corrected chi connectivity index (χ3v) is 6.14. The number of nitrogens with one attached hydrogen (secondary N) is 1. The molecule has 0 unspecified atom stereocenters. The molecule has 1 N–H and O–H groups in total. The third-order valence-electron chi connectivity index (χ3n) is 6.14. The van der Waals surface area contributed by atoms with Crippen LogP contribution in [0.5, 0.6) is 5.75 Å². The summed E-state index contributed by atoms with van der Waals surface area (Å²) in [4.78, 5) is 23.1. The molecule has 1 aliphatic heterocycles. The summed E-state index contributed by atoms with van der Waals surface area (Å²) in [5.74, 6) is 0.764. The molecule has 1 aliphatic rings. The second kappa shape index (κ2) is 11.8. The van der Waals surface area contributed by atoms with Crippen molar-refractivity contribution in [2.45, 2.75) is 13.0 Å². The first-order valence-corrected chi connectivity index (χ1v) is 12.3. The van der Waals surface area contributed by atoms with Gasteiger partial charge in [-0.3, -0.25) is 14.4 Å². The number of ether oxygens (including phenoxy) is 2. The second-order valence-electron chi connectivity index (χ2n) is 9.07. The SMILES string of the molecule is Cn1cc(NC(=O)CN2CCOCCOc3ccc(-c4cncnc4)cc3Cc3cccc(c3)C2)cn1.